The number of ether oxygens (including phenoxy) is 1. The normalized spacial score (nSPS) is 17.7. The molecule has 0 saturated carbocycles. The van der Waals surface area contributed by atoms with Gasteiger partial charge in [-0.05, 0) is 73.9 Å². The summed E-state index contributed by atoms with van der Waals surface area (Å²) in [6, 6.07) is 2.74. The molecule has 2 aromatic rings. The number of amides is 1. The van der Waals surface area contributed by atoms with Gasteiger partial charge < -0.3 is 15.8 Å². The minimum atomic E-state index is 0.426. The van der Waals surface area contributed by atoms with Crippen molar-refractivity contribution < 1.29 is 9.53 Å². The zero-order valence-electron chi connectivity index (χ0n) is 15.8. The van der Waals surface area contributed by atoms with E-state index in [1.165, 1.54) is 54.1 Å². The lowest BCUT2D eigenvalue weighted by molar-refractivity contribution is -0.105. The molecular weight excluding hydrogens is 362 g/mol. The molecule has 2 aliphatic carbocycles. The molecule has 0 spiro atoms. The van der Waals surface area contributed by atoms with Crippen LogP contribution in [0.1, 0.15) is 41.6 Å². The Morgan fingerprint density at radius 3 is 2.44 bits per heavy atom. The standard InChI is InChI=1S/C11H11NO.C7H11N3OS.CH5N/c13-6-12-11-9-3-1-7(9)5-8-2-4-10(8)11;1-5-2-3-11-7-6(12-8)4-9-10(5)7;1-2/h5-6H,1-4H2,(H,12,13);4-5H,2-3,8H2,1H3;2H2,1H3. The number of hydrogen-bond donors (Lipinski definition) is 3. The molecule has 0 saturated heterocycles. The summed E-state index contributed by atoms with van der Waals surface area (Å²) >= 11 is 1.18. The summed E-state index contributed by atoms with van der Waals surface area (Å²) in [7, 11) is 1.50. The van der Waals surface area contributed by atoms with Crippen LogP contribution in [0.15, 0.2) is 17.2 Å². The number of carbonyl (C=O) groups is 1. The van der Waals surface area contributed by atoms with E-state index in [2.05, 4.69) is 29.1 Å². The van der Waals surface area contributed by atoms with Crippen molar-refractivity contribution in [2.24, 2.45) is 10.9 Å². The summed E-state index contributed by atoms with van der Waals surface area (Å²) in [4.78, 5) is 11.4. The predicted molar refractivity (Wildman–Crippen MR) is 108 cm³/mol. The fraction of sp³-hybridized carbons (Fsp3) is 0.474. The fourth-order valence-electron chi connectivity index (χ4n) is 3.62. The number of nitrogens with zero attached hydrogens (tertiary/aromatic N) is 2. The molecule has 5 rings (SSSR count). The van der Waals surface area contributed by atoms with Gasteiger partial charge in [-0.1, -0.05) is 6.07 Å². The summed E-state index contributed by atoms with van der Waals surface area (Å²) in [6.45, 7) is 2.89. The van der Waals surface area contributed by atoms with Gasteiger partial charge in [0.05, 0.1) is 18.8 Å². The van der Waals surface area contributed by atoms with Gasteiger partial charge in [-0.2, -0.15) is 5.10 Å². The van der Waals surface area contributed by atoms with E-state index in [1.807, 2.05) is 4.68 Å². The monoisotopic (exact) mass is 389 g/mol. The maximum Gasteiger partial charge on any atom is 0.227 e. The van der Waals surface area contributed by atoms with Crippen LogP contribution in [0.4, 0.5) is 5.69 Å². The van der Waals surface area contributed by atoms with E-state index in [4.69, 9.17) is 9.88 Å². The van der Waals surface area contributed by atoms with Crippen LogP contribution < -0.4 is 20.9 Å². The van der Waals surface area contributed by atoms with Crippen LogP contribution in [-0.4, -0.2) is 29.8 Å². The minimum absolute atomic E-state index is 0.426. The minimum Gasteiger partial charge on any atom is -0.477 e. The predicted octanol–water partition coefficient (Wildman–Crippen LogP) is 2.22. The molecule has 1 amide bonds. The molecule has 1 atom stereocenters. The first kappa shape index (κ1) is 19.7. The Hall–Kier alpha value is -2.03. The van der Waals surface area contributed by atoms with Crippen molar-refractivity contribution in [3.05, 3.63) is 34.5 Å². The molecule has 0 fully saturated rings. The smallest absolute Gasteiger partial charge is 0.227 e. The molecule has 0 bridgehead atoms. The highest BCUT2D eigenvalue weighted by Gasteiger charge is 2.26. The van der Waals surface area contributed by atoms with Crippen molar-refractivity contribution in [3.63, 3.8) is 0 Å². The topological polar surface area (TPSA) is 108 Å². The molecule has 1 aromatic carbocycles. The van der Waals surface area contributed by atoms with Gasteiger partial charge in [0.1, 0.15) is 4.90 Å². The van der Waals surface area contributed by atoms with Crippen molar-refractivity contribution in [1.29, 1.82) is 0 Å². The van der Waals surface area contributed by atoms with Crippen LogP contribution in [0.25, 0.3) is 0 Å². The van der Waals surface area contributed by atoms with Gasteiger partial charge in [0.2, 0.25) is 12.3 Å². The molecule has 1 aliphatic heterocycles. The molecule has 8 heteroatoms. The molecule has 27 heavy (non-hydrogen) atoms. The average molecular weight is 390 g/mol. The second-order valence-electron chi connectivity index (χ2n) is 6.65. The number of benzene rings is 1. The third-order valence-corrected chi connectivity index (χ3v) is 5.79. The second-order valence-corrected chi connectivity index (χ2v) is 7.33. The largest absolute Gasteiger partial charge is 0.477 e. The molecule has 0 radical (unpaired) electrons. The van der Waals surface area contributed by atoms with Crippen molar-refractivity contribution in [2.75, 3.05) is 19.0 Å². The highest BCUT2D eigenvalue weighted by Crippen LogP contribution is 2.40. The van der Waals surface area contributed by atoms with Gasteiger partial charge in [0, 0.05) is 12.1 Å². The quantitative estimate of drug-likeness (QED) is 0.549. The zero-order valence-corrected chi connectivity index (χ0v) is 16.6. The lowest BCUT2D eigenvalue weighted by Crippen LogP contribution is -2.21. The fourth-order valence-corrected chi connectivity index (χ4v) is 3.98. The molecular formula is C19H27N5O2S. The van der Waals surface area contributed by atoms with Gasteiger partial charge >= 0.3 is 0 Å². The SMILES string of the molecule is CC1CCOc2c(SN)cnn21.CN.O=CNc1c2c(cc3c1CC3)CC2. The third-order valence-electron chi connectivity index (χ3n) is 5.26. The third kappa shape index (κ3) is 3.69. The Labute approximate surface area is 164 Å². The van der Waals surface area contributed by atoms with Crippen LogP contribution in [0.2, 0.25) is 0 Å². The first-order valence-electron chi connectivity index (χ1n) is 9.24. The number of fused-ring (bicyclic) bond motifs is 3. The van der Waals surface area contributed by atoms with E-state index in [1.54, 1.807) is 6.20 Å². The highest BCUT2D eigenvalue weighted by atomic mass is 32.2. The molecule has 3 aliphatic rings. The maximum atomic E-state index is 10.4. The summed E-state index contributed by atoms with van der Waals surface area (Å²) in [6.07, 6.45) is 8.22. The summed E-state index contributed by atoms with van der Waals surface area (Å²) in [5, 5.41) is 12.5. The van der Waals surface area contributed by atoms with Crippen molar-refractivity contribution in [3.8, 4) is 5.88 Å². The van der Waals surface area contributed by atoms with Crippen LogP contribution in [0, 0.1) is 0 Å². The van der Waals surface area contributed by atoms with Gasteiger partial charge in [0.25, 0.3) is 0 Å². The first-order chi connectivity index (χ1) is 13.2. The Kier molecular flexibility index (Phi) is 6.41. The average Bonchev–Trinajstić information content (AvgIpc) is 3.06. The Bertz CT molecular complexity index is 791. The Balaban J connectivity index is 0.000000143. The summed E-state index contributed by atoms with van der Waals surface area (Å²) in [5.41, 5.74) is 11.3. The number of aryl methyl sites for hydroxylation is 2. The first-order valence-corrected chi connectivity index (χ1v) is 10.1. The number of nitrogens with one attached hydrogen (secondary N) is 1. The van der Waals surface area contributed by atoms with Crippen LogP contribution in [0.3, 0.4) is 0 Å². The van der Waals surface area contributed by atoms with E-state index < -0.39 is 0 Å². The Morgan fingerprint density at radius 2 is 1.93 bits per heavy atom. The molecule has 7 nitrogen and oxygen atoms in total. The number of rotatable bonds is 3. The van der Waals surface area contributed by atoms with Gasteiger partial charge in [-0.3, -0.25) is 9.93 Å². The number of anilines is 1. The molecule has 2 heterocycles. The van der Waals surface area contributed by atoms with E-state index in [-0.39, 0.29) is 0 Å². The van der Waals surface area contributed by atoms with E-state index in [9.17, 15) is 4.79 Å². The molecule has 146 valence electrons. The van der Waals surface area contributed by atoms with Gasteiger partial charge in [-0.15, -0.1) is 0 Å². The molecule has 1 unspecified atom stereocenters. The summed E-state index contributed by atoms with van der Waals surface area (Å²) in [5.74, 6) is 0.821. The lowest BCUT2D eigenvalue weighted by Gasteiger charge is -2.31. The number of hydrogen-bond acceptors (Lipinski definition) is 6. The molecule has 5 N–H and O–H groups in total. The van der Waals surface area contributed by atoms with Gasteiger partial charge in [0.15, 0.2) is 0 Å². The second kappa shape index (κ2) is 8.77. The van der Waals surface area contributed by atoms with E-state index in [0.717, 1.165) is 48.7 Å². The van der Waals surface area contributed by atoms with Gasteiger partial charge in [-0.25, -0.2) is 4.68 Å². The number of nitrogens with two attached hydrogens (primary N) is 2. The van der Waals surface area contributed by atoms with Crippen molar-refractivity contribution in [2.45, 2.75) is 50.0 Å². The number of aromatic nitrogens is 2. The number of carbonyl (C=O) groups excluding carboxylic acids is 1. The van der Waals surface area contributed by atoms with E-state index in [0.29, 0.717) is 6.04 Å². The lowest BCUT2D eigenvalue weighted by atomic mass is 9.76. The maximum absolute atomic E-state index is 10.4. The Morgan fingerprint density at radius 1 is 1.26 bits per heavy atom. The highest BCUT2D eigenvalue weighted by molar-refractivity contribution is 7.97. The van der Waals surface area contributed by atoms with Crippen LogP contribution in [0.5, 0.6) is 5.88 Å². The zero-order chi connectivity index (χ0) is 19.4. The molecule has 1 aromatic heterocycles. The van der Waals surface area contributed by atoms with Crippen LogP contribution >= 0.6 is 11.9 Å². The van der Waals surface area contributed by atoms with Crippen LogP contribution in [-0.2, 0) is 30.5 Å². The van der Waals surface area contributed by atoms with E-state index >= 15 is 0 Å². The van der Waals surface area contributed by atoms with Crippen molar-refractivity contribution in [1.82, 2.24) is 9.78 Å². The summed E-state index contributed by atoms with van der Waals surface area (Å²) < 4.78 is 7.34. The van der Waals surface area contributed by atoms with Crippen molar-refractivity contribution >= 4 is 24.0 Å².